The van der Waals surface area contributed by atoms with Crippen molar-refractivity contribution in [1.29, 1.82) is 0 Å². The summed E-state index contributed by atoms with van der Waals surface area (Å²) >= 11 is 0. The largest absolute Gasteiger partial charge is 0.493 e. The van der Waals surface area contributed by atoms with Gasteiger partial charge in [-0.25, -0.2) is 4.39 Å². The molecule has 0 saturated carbocycles. The van der Waals surface area contributed by atoms with Gasteiger partial charge in [0, 0.05) is 24.6 Å². The molecular formula is C18H23FN4O. The number of nitrogens with one attached hydrogen (secondary N) is 1. The number of aryl methyl sites for hydroxylation is 1. The van der Waals surface area contributed by atoms with Crippen molar-refractivity contribution in [3.05, 3.63) is 41.2 Å². The molecule has 1 aromatic carbocycles. The highest BCUT2D eigenvalue weighted by Crippen LogP contribution is 2.32. The van der Waals surface area contributed by atoms with Crippen LogP contribution in [0.3, 0.4) is 0 Å². The van der Waals surface area contributed by atoms with Crippen LogP contribution in [-0.2, 0) is 19.5 Å². The van der Waals surface area contributed by atoms with Gasteiger partial charge in [-0.15, -0.1) is 10.2 Å². The average Bonchev–Trinajstić information content (AvgIpc) is 2.77. The van der Waals surface area contributed by atoms with E-state index in [-0.39, 0.29) is 11.9 Å². The first kappa shape index (κ1) is 15.6. The monoisotopic (exact) mass is 330 g/mol. The van der Waals surface area contributed by atoms with E-state index in [0.717, 1.165) is 48.8 Å². The van der Waals surface area contributed by atoms with Gasteiger partial charge in [0.1, 0.15) is 23.2 Å². The lowest BCUT2D eigenvalue weighted by molar-refractivity contribution is 0.314. The topological polar surface area (TPSA) is 52.0 Å². The molecule has 5 nitrogen and oxygen atoms in total. The fraction of sp³-hybridized carbons (Fsp3) is 0.556. The second-order valence-corrected chi connectivity index (χ2v) is 6.60. The molecule has 1 aromatic heterocycles. The van der Waals surface area contributed by atoms with E-state index in [1.807, 2.05) is 0 Å². The lowest BCUT2D eigenvalue weighted by Crippen LogP contribution is -2.23. The minimum atomic E-state index is -0.220. The lowest BCUT2D eigenvalue weighted by atomic mass is 10.0. The number of benzene rings is 1. The fourth-order valence-corrected chi connectivity index (χ4v) is 3.65. The molecule has 0 aliphatic carbocycles. The number of ether oxygens (including phenoxy) is 1. The molecule has 0 saturated heterocycles. The summed E-state index contributed by atoms with van der Waals surface area (Å²) in [6, 6.07) is 4.85. The third-order valence-electron chi connectivity index (χ3n) is 4.93. The maximum atomic E-state index is 13.7. The van der Waals surface area contributed by atoms with Gasteiger partial charge in [0.2, 0.25) is 0 Å². The van der Waals surface area contributed by atoms with E-state index < -0.39 is 0 Å². The Labute approximate surface area is 141 Å². The van der Waals surface area contributed by atoms with Crippen LogP contribution in [0, 0.1) is 5.82 Å². The Morgan fingerprint density at radius 3 is 3.12 bits per heavy atom. The summed E-state index contributed by atoms with van der Waals surface area (Å²) in [4.78, 5) is 0. The van der Waals surface area contributed by atoms with E-state index in [4.69, 9.17) is 4.74 Å². The van der Waals surface area contributed by atoms with Crippen LogP contribution in [0.15, 0.2) is 18.2 Å². The molecular weight excluding hydrogens is 307 g/mol. The van der Waals surface area contributed by atoms with Gasteiger partial charge in [-0.3, -0.25) is 0 Å². The molecule has 0 spiro atoms. The lowest BCUT2D eigenvalue weighted by Gasteiger charge is -2.18. The van der Waals surface area contributed by atoms with Crippen LogP contribution in [0.5, 0.6) is 5.75 Å². The van der Waals surface area contributed by atoms with Crippen molar-refractivity contribution in [3.8, 4) is 5.75 Å². The Bertz CT molecular complexity index is 715. The first-order valence-corrected chi connectivity index (χ1v) is 8.88. The number of fused-ring (bicyclic) bond motifs is 2. The highest BCUT2D eigenvalue weighted by molar-refractivity contribution is 5.37. The zero-order valence-electron chi connectivity index (χ0n) is 13.8. The second kappa shape index (κ2) is 6.89. The Kier molecular flexibility index (Phi) is 4.47. The molecule has 1 N–H and O–H groups in total. The summed E-state index contributed by atoms with van der Waals surface area (Å²) in [7, 11) is 0. The van der Waals surface area contributed by atoms with Crippen molar-refractivity contribution in [1.82, 2.24) is 20.1 Å². The minimum absolute atomic E-state index is 0.0805. The smallest absolute Gasteiger partial charge is 0.147 e. The van der Waals surface area contributed by atoms with Gasteiger partial charge in [0.15, 0.2) is 0 Å². The highest BCUT2D eigenvalue weighted by Gasteiger charge is 2.21. The van der Waals surface area contributed by atoms with Crippen LogP contribution in [0.4, 0.5) is 4.39 Å². The number of nitrogens with zero attached hydrogens (tertiary/aromatic N) is 3. The van der Waals surface area contributed by atoms with Crippen LogP contribution in [0.2, 0.25) is 0 Å². The van der Waals surface area contributed by atoms with Gasteiger partial charge in [-0.05, 0) is 43.9 Å². The average molecular weight is 330 g/mol. The SMILES string of the molecule is Fc1ccc2c(c1)[C@@H](NCc1nnc3n1CCCCC3)CCCO2. The van der Waals surface area contributed by atoms with Crippen molar-refractivity contribution in [2.24, 2.45) is 0 Å². The Balaban J connectivity index is 1.52. The molecule has 0 radical (unpaired) electrons. The quantitative estimate of drug-likeness (QED) is 0.939. The second-order valence-electron chi connectivity index (χ2n) is 6.60. The normalized spacial score (nSPS) is 20.5. The highest BCUT2D eigenvalue weighted by atomic mass is 19.1. The van der Waals surface area contributed by atoms with Crippen LogP contribution in [-0.4, -0.2) is 21.4 Å². The fourth-order valence-electron chi connectivity index (χ4n) is 3.65. The first-order chi connectivity index (χ1) is 11.8. The number of hydrogen-bond donors (Lipinski definition) is 1. The summed E-state index contributed by atoms with van der Waals surface area (Å²) < 4.78 is 21.7. The molecule has 6 heteroatoms. The molecule has 2 aliphatic heterocycles. The molecule has 2 aromatic rings. The van der Waals surface area contributed by atoms with Crippen molar-refractivity contribution >= 4 is 0 Å². The van der Waals surface area contributed by atoms with Crippen LogP contribution < -0.4 is 10.1 Å². The van der Waals surface area contributed by atoms with E-state index in [2.05, 4.69) is 20.1 Å². The molecule has 128 valence electrons. The van der Waals surface area contributed by atoms with Crippen molar-refractivity contribution in [2.45, 2.75) is 57.7 Å². The zero-order valence-corrected chi connectivity index (χ0v) is 13.8. The van der Waals surface area contributed by atoms with Crippen molar-refractivity contribution < 1.29 is 9.13 Å². The van der Waals surface area contributed by atoms with Gasteiger partial charge in [0.05, 0.1) is 13.2 Å². The standard InChI is InChI=1S/C18H23FN4O/c19-13-7-8-16-14(11-13)15(5-4-10-24-16)20-12-18-22-21-17-6-2-1-3-9-23(17)18/h7-8,11,15,20H,1-6,9-10,12H2/t15-/m0/s1. The molecule has 3 heterocycles. The van der Waals surface area contributed by atoms with E-state index in [1.165, 1.54) is 25.3 Å². The molecule has 0 fully saturated rings. The molecule has 2 aliphatic rings. The summed E-state index contributed by atoms with van der Waals surface area (Å²) in [5.74, 6) is 2.64. The van der Waals surface area contributed by atoms with Crippen LogP contribution >= 0.6 is 0 Å². The maximum absolute atomic E-state index is 13.7. The molecule has 0 bridgehead atoms. The Morgan fingerprint density at radius 1 is 1.21 bits per heavy atom. The first-order valence-electron chi connectivity index (χ1n) is 8.88. The van der Waals surface area contributed by atoms with E-state index in [1.54, 1.807) is 12.1 Å². The van der Waals surface area contributed by atoms with Crippen molar-refractivity contribution in [3.63, 3.8) is 0 Å². The zero-order chi connectivity index (χ0) is 16.4. The van der Waals surface area contributed by atoms with Crippen LogP contribution in [0.25, 0.3) is 0 Å². The minimum Gasteiger partial charge on any atom is -0.493 e. The van der Waals surface area contributed by atoms with Gasteiger partial charge >= 0.3 is 0 Å². The molecule has 0 unspecified atom stereocenters. The summed E-state index contributed by atoms with van der Waals surface area (Å²) in [6.07, 6.45) is 6.52. The third kappa shape index (κ3) is 3.15. The van der Waals surface area contributed by atoms with Gasteiger partial charge < -0.3 is 14.6 Å². The molecule has 24 heavy (non-hydrogen) atoms. The van der Waals surface area contributed by atoms with E-state index >= 15 is 0 Å². The number of aromatic nitrogens is 3. The number of halogens is 1. The number of hydrogen-bond acceptors (Lipinski definition) is 4. The molecule has 4 rings (SSSR count). The summed E-state index contributed by atoms with van der Waals surface area (Å²) in [5.41, 5.74) is 0.906. The third-order valence-corrected chi connectivity index (χ3v) is 4.93. The summed E-state index contributed by atoms with van der Waals surface area (Å²) in [6.45, 7) is 2.32. The predicted octanol–water partition coefficient (Wildman–Crippen LogP) is 3.15. The van der Waals surface area contributed by atoms with Gasteiger partial charge in [-0.2, -0.15) is 0 Å². The molecule has 1 atom stereocenters. The summed E-state index contributed by atoms with van der Waals surface area (Å²) in [5, 5.41) is 12.3. The Morgan fingerprint density at radius 2 is 2.17 bits per heavy atom. The molecule has 0 amide bonds. The number of rotatable bonds is 3. The maximum Gasteiger partial charge on any atom is 0.147 e. The Hall–Kier alpha value is -1.95. The van der Waals surface area contributed by atoms with Crippen LogP contribution in [0.1, 0.15) is 55.4 Å². The van der Waals surface area contributed by atoms with E-state index in [0.29, 0.717) is 13.2 Å². The predicted molar refractivity (Wildman–Crippen MR) is 88.3 cm³/mol. The van der Waals surface area contributed by atoms with Crippen molar-refractivity contribution in [2.75, 3.05) is 6.61 Å². The van der Waals surface area contributed by atoms with Gasteiger partial charge in [-0.1, -0.05) is 6.42 Å². The van der Waals surface area contributed by atoms with Gasteiger partial charge in [0.25, 0.3) is 0 Å². The van der Waals surface area contributed by atoms with E-state index in [9.17, 15) is 4.39 Å².